The van der Waals surface area contributed by atoms with Gasteiger partial charge >= 0.3 is 0 Å². The van der Waals surface area contributed by atoms with Crippen molar-refractivity contribution < 1.29 is 0 Å². The topological polar surface area (TPSA) is 35.6 Å². The van der Waals surface area contributed by atoms with Crippen molar-refractivity contribution in [3.8, 4) is 0 Å². The average molecular weight is 212 g/mol. The number of hydrogen-bond donors (Lipinski definition) is 0. The molecular formula is C12H12N4. The van der Waals surface area contributed by atoms with Gasteiger partial charge in [-0.25, -0.2) is 0 Å². The molecule has 4 nitrogen and oxygen atoms in total. The van der Waals surface area contributed by atoms with Gasteiger partial charge in [0.05, 0.1) is 6.54 Å². The molecule has 0 bridgehead atoms. The lowest BCUT2D eigenvalue weighted by atomic mass is 10.2. The molecule has 16 heavy (non-hydrogen) atoms. The first-order valence-corrected chi connectivity index (χ1v) is 5.21. The van der Waals surface area contributed by atoms with Crippen LogP contribution in [0, 0.1) is 0 Å². The summed E-state index contributed by atoms with van der Waals surface area (Å²) in [4.78, 5) is 0. The summed E-state index contributed by atoms with van der Waals surface area (Å²) >= 11 is 0. The molecule has 0 fully saturated rings. The van der Waals surface area contributed by atoms with E-state index in [9.17, 15) is 0 Å². The van der Waals surface area contributed by atoms with Gasteiger partial charge in [0, 0.05) is 18.8 Å². The molecule has 0 saturated carbocycles. The fourth-order valence-corrected chi connectivity index (χ4v) is 1.88. The Kier molecular flexibility index (Phi) is 1.99. The van der Waals surface area contributed by atoms with Crippen LogP contribution >= 0.6 is 0 Å². The number of aromatic nitrogens is 4. The van der Waals surface area contributed by atoms with Crippen LogP contribution < -0.4 is 0 Å². The number of para-hydroxylation sites is 1. The van der Waals surface area contributed by atoms with Crippen LogP contribution in [0.3, 0.4) is 0 Å². The minimum Gasteiger partial charge on any atom is -0.340 e. The highest BCUT2D eigenvalue weighted by Crippen LogP contribution is 2.15. The van der Waals surface area contributed by atoms with Crippen LogP contribution in [0.1, 0.15) is 5.82 Å². The summed E-state index contributed by atoms with van der Waals surface area (Å²) in [6.07, 6.45) is 3.81. The minimum atomic E-state index is 0.754. The van der Waals surface area contributed by atoms with E-state index in [2.05, 4.69) is 51.3 Å². The Balaban J connectivity index is 2.04. The maximum Gasteiger partial charge on any atom is 0.152 e. The van der Waals surface area contributed by atoms with E-state index in [0.29, 0.717) is 0 Å². The summed E-state index contributed by atoms with van der Waals surface area (Å²) in [5.74, 6) is 0.960. The highest BCUT2D eigenvalue weighted by molar-refractivity contribution is 5.79. The largest absolute Gasteiger partial charge is 0.340 e. The van der Waals surface area contributed by atoms with Gasteiger partial charge in [-0.2, -0.15) is 0 Å². The molecule has 0 aliphatic carbocycles. The van der Waals surface area contributed by atoms with Gasteiger partial charge in [-0.1, -0.05) is 18.2 Å². The molecule has 0 aliphatic heterocycles. The first-order valence-electron chi connectivity index (χ1n) is 5.21. The van der Waals surface area contributed by atoms with Crippen molar-refractivity contribution in [1.29, 1.82) is 0 Å². The van der Waals surface area contributed by atoms with Crippen molar-refractivity contribution in [2.75, 3.05) is 0 Å². The number of benzene rings is 1. The second-order valence-corrected chi connectivity index (χ2v) is 3.86. The molecule has 0 N–H and O–H groups in total. The zero-order valence-electron chi connectivity index (χ0n) is 9.04. The molecular weight excluding hydrogens is 200 g/mol. The average Bonchev–Trinajstić information content (AvgIpc) is 2.88. The highest BCUT2D eigenvalue weighted by Gasteiger charge is 2.04. The predicted molar refractivity (Wildman–Crippen MR) is 62.0 cm³/mol. The van der Waals surface area contributed by atoms with E-state index >= 15 is 0 Å². The molecule has 0 unspecified atom stereocenters. The van der Waals surface area contributed by atoms with Gasteiger partial charge in [0.1, 0.15) is 6.33 Å². The third kappa shape index (κ3) is 1.39. The predicted octanol–water partition coefficient (Wildman–Crippen LogP) is 1.82. The SMILES string of the molecule is Cn1cnnc1Cn1ccc2ccccc21. The molecule has 0 spiro atoms. The molecule has 0 radical (unpaired) electrons. The molecule has 1 aromatic carbocycles. The van der Waals surface area contributed by atoms with Crippen LogP contribution in [0.2, 0.25) is 0 Å². The van der Waals surface area contributed by atoms with Crippen molar-refractivity contribution >= 4 is 10.9 Å². The summed E-state index contributed by atoms with van der Waals surface area (Å²) in [7, 11) is 1.96. The summed E-state index contributed by atoms with van der Waals surface area (Å²) in [6.45, 7) is 0.754. The Morgan fingerprint density at radius 2 is 2.06 bits per heavy atom. The van der Waals surface area contributed by atoms with Gasteiger partial charge in [-0.05, 0) is 17.5 Å². The van der Waals surface area contributed by atoms with Crippen LogP contribution in [-0.4, -0.2) is 19.3 Å². The van der Waals surface area contributed by atoms with Crippen LogP contribution in [0.5, 0.6) is 0 Å². The Bertz CT molecular complexity index is 621. The first kappa shape index (κ1) is 9.15. The molecule has 0 aliphatic rings. The smallest absolute Gasteiger partial charge is 0.152 e. The lowest BCUT2D eigenvalue weighted by Gasteiger charge is -2.04. The lowest BCUT2D eigenvalue weighted by molar-refractivity contribution is 0.716. The van der Waals surface area contributed by atoms with Gasteiger partial charge in [0.25, 0.3) is 0 Å². The van der Waals surface area contributed by atoms with Gasteiger partial charge in [-0.3, -0.25) is 0 Å². The first-order chi connectivity index (χ1) is 7.84. The second-order valence-electron chi connectivity index (χ2n) is 3.86. The zero-order valence-corrected chi connectivity index (χ0v) is 9.04. The van der Waals surface area contributed by atoms with Gasteiger partial charge < -0.3 is 9.13 Å². The van der Waals surface area contributed by atoms with Crippen LogP contribution in [0.25, 0.3) is 10.9 Å². The lowest BCUT2D eigenvalue weighted by Crippen LogP contribution is -2.04. The van der Waals surface area contributed by atoms with Crippen LogP contribution in [-0.2, 0) is 13.6 Å². The molecule has 0 saturated heterocycles. The fraction of sp³-hybridized carbons (Fsp3) is 0.167. The molecule has 3 aromatic rings. The number of nitrogens with zero attached hydrogens (tertiary/aromatic N) is 4. The third-order valence-electron chi connectivity index (χ3n) is 2.80. The Labute approximate surface area is 93.1 Å². The van der Waals surface area contributed by atoms with Gasteiger partial charge in [-0.15, -0.1) is 10.2 Å². The van der Waals surface area contributed by atoms with Crippen molar-refractivity contribution in [3.05, 3.63) is 48.7 Å². The van der Waals surface area contributed by atoms with E-state index in [0.717, 1.165) is 12.4 Å². The number of hydrogen-bond acceptors (Lipinski definition) is 2. The van der Waals surface area contributed by atoms with Crippen LogP contribution in [0.15, 0.2) is 42.9 Å². The standard InChI is InChI=1S/C12H12N4/c1-15-9-13-14-12(15)8-16-7-6-10-4-2-3-5-11(10)16/h2-7,9H,8H2,1H3. The third-order valence-corrected chi connectivity index (χ3v) is 2.80. The van der Waals surface area contributed by atoms with Crippen molar-refractivity contribution in [2.45, 2.75) is 6.54 Å². The molecule has 4 heteroatoms. The van der Waals surface area contributed by atoms with Crippen molar-refractivity contribution in [3.63, 3.8) is 0 Å². The second kappa shape index (κ2) is 3.48. The van der Waals surface area contributed by atoms with E-state index < -0.39 is 0 Å². The van der Waals surface area contributed by atoms with E-state index in [1.165, 1.54) is 10.9 Å². The van der Waals surface area contributed by atoms with E-state index in [1.54, 1.807) is 6.33 Å². The van der Waals surface area contributed by atoms with E-state index in [-0.39, 0.29) is 0 Å². The maximum atomic E-state index is 4.09. The van der Waals surface area contributed by atoms with Crippen molar-refractivity contribution in [2.24, 2.45) is 7.05 Å². The molecule has 0 atom stereocenters. The monoisotopic (exact) mass is 212 g/mol. The van der Waals surface area contributed by atoms with E-state index in [4.69, 9.17) is 0 Å². The summed E-state index contributed by atoms with van der Waals surface area (Å²) < 4.78 is 4.12. The number of rotatable bonds is 2. The molecule has 80 valence electrons. The van der Waals surface area contributed by atoms with Crippen LogP contribution in [0.4, 0.5) is 0 Å². The summed E-state index contributed by atoms with van der Waals surface area (Å²) in [6, 6.07) is 10.4. The molecule has 3 rings (SSSR count). The quantitative estimate of drug-likeness (QED) is 0.649. The van der Waals surface area contributed by atoms with Gasteiger partial charge in [0.15, 0.2) is 5.82 Å². The zero-order chi connectivity index (χ0) is 11.0. The fourth-order valence-electron chi connectivity index (χ4n) is 1.88. The normalized spacial score (nSPS) is 11.1. The summed E-state index contributed by atoms with van der Waals surface area (Å²) in [5.41, 5.74) is 1.23. The highest BCUT2D eigenvalue weighted by atomic mass is 15.3. The van der Waals surface area contributed by atoms with E-state index in [1.807, 2.05) is 11.6 Å². The molecule has 2 heterocycles. The molecule has 2 aromatic heterocycles. The Hall–Kier alpha value is -2.10. The van der Waals surface area contributed by atoms with Crippen molar-refractivity contribution in [1.82, 2.24) is 19.3 Å². The molecule has 0 amide bonds. The van der Waals surface area contributed by atoms with Gasteiger partial charge in [0.2, 0.25) is 0 Å². The summed E-state index contributed by atoms with van der Waals surface area (Å²) in [5, 5.41) is 9.23. The Morgan fingerprint density at radius 1 is 1.19 bits per heavy atom. The maximum absolute atomic E-state index is 4.09. The number of aryl methyl sites for hydroxylation is 1. The minimum absolute atomic E-state index is 0.754. The Morgan fingerprint density at radius 3 is 2.88 bits per heavy atom. The number of fused-ring (bicyclic) bond motifs is 1.